The summed E-state index contributed by atoms with van der Waals surface area (Å²) in [5.41, 5.74) is 0. The number of allylic oxidation sites excluding steroid dienone is 4. The zero-order valence-corrected chi connectivity index (χ0v) is 20.5. The quantitative estimate of drug-likeness (QED) is 0.140. The second kappa shape index (κ2) is 22.6. The number of unbranched alkanes of at least 4 members (excludes halogenated alkanes) is 9. The Hall–Kier alpha value is -1.05. The zero-order valence-electron chi connectivity index (χ0n) is 20.5. The van der Waals surface area contributed by atoms with Gasteiger partial charge in [-0.1, -0.05) is 116 Å². The summed E-state index contributed by atoms with van der Waals surface area (Å²) in [6, 6.07) is 0. The molecule has 0 amide bonds. The molecule has 2 unspecified atom stereocenters. The maximum Gasteiger partial charge on any atom is 0.306 e. The Bertz CT molecular complexity index is 424. The predicted molar refractivity (Wildman–Crippen MR) is 133 cm³/mol. The third kappa shape index (κ3) is 18.9. The molecule has 0 aromatic rings. The molecule has 0 aliphatic carbocycles. The van der Waals surface area contributed by atoms with E-state index >= 15 is 0 Å². The minimum atomic E-state index is -0.572. The van der Waals surface area contributed by atoms with E-state index in [2.05, 4.69) is 45.1 Å². The van der Waals surface area contributed by atoms with Gasteiger partial charge in [-0.3, -0.25) is 4.79 Å². The summed E-state index contributed by atoms with van der Waals surface area (Å²) in [6.07, 6.45) is 30.4. The van der Waals surface area contributed by atoms with Gasteiger partial charge < -0.3 is 5.11 Å². The van der Waals surface area contributed by atoms with Gasteiger partial charge in [-0.25, -0.2) is 0 Å². The molecule has 2 nitrogen and oxygen atoms in total. The highest BCUT2D eigenvalue weighted by molar-refractivity contribution is 5.69. The Kier molecular flexibility index (Phi) is 21.8. The lowest BCUT2D eigenvalue weighted by atomic mass is 9.85. The molecule has 0 saturated heterocycles. The smallest absolute Gasteiger partial charge is 0.306 e. The molecule has 0 spiro atoms. The lowest BCUT2D eigenvalue weighted by Crippen LogP contribution is -2.18. The first kappa shape index (κ1) is 28.9. The Morgan fingerprint density at radius 2 is 1.23 bits per heavy atom. The van der Waals surface area contributed by atoms with Crippen molar-refractivity contribution in [3.63, 3.8) is 0 Å². The number of carbonyl (C=O) groups is 1. The van der Waals surface area contributed by atoms with Crippen LogP contribution in [0.25, 0.3) is 0 Å². The number of hydrogen-bond acceptors (Lipinski definition) is 1. The fourth-order valence-electron chi connectivity index (χ4n) is 4.24. The van der Waals surface area contributed by atoms with Crippen LogP contribution in [0.3, 0.4) is 0 Å². The Morgan fingerprint density at radius 3 is 1.83 bits per heavy atom. The molecular weight excluding hydrogens is 368 g/mol. The molecule has 0 fully saturated rings. The molecule has 1 N–H and O–H groups in total. The van der Waals surface area contributed by atoms with E-state index in [0.29, 0.717) is 5.92 Å². The molecular formula is C28H52O2. The van der Waals surface area contributed by atoms with Crippen molar-refractivity contribution < 1.29 is 9.90 Å². The fraction of sp³-hybridized carbons (Fsp3) is 0.821. The van der Waals surface area contributed by atoms with Crippen LogP contribution in [0.1, 0.15) is 136 Å². The Balaban J connectivity index is 3.87. The van der Waals surface area contributed by atoms with Gasteiger partial charge in [0.2, 0.25) is 0 Å². The van der Waals surface area contributed by atoms with Gasteiger partial charge >= 0.3 is 5.97 Å². The summed E-state index contributed by atoms with van der Waals surface area (Å²) in [5, 5.41) is 9.65. The summed E-state index contributed by atoms with van der Waals surface area (Å²) in [5.74, 6) is -0.0991. The first-order valence-corrected chi connectivity index (χ1v) is 13.2. The summed E-state index contributed by atoms with van der Waals surface area (Å²) < 4.78 is 0. The van der Waals surface area contributed by atoms with Gasteiger partial charge in [-0.05, 0) is 50.9 Å². The fourth-order valence-corrected chi connectivity index (χ4v) is 4.24. The van der Waals surface area contributed by atoms with E-state index in [9.17, 15) is 9.90 Å². The second-order valence-corrected chi connectivity index (χ2v) is 9.09. The van der Waals surface area contributed by atoms with Crippen LogP contribution in [0.4, 0.5) is 0 Å². The zero-order chi connectivity index (χ0) is 22.3. The highest BCUT2D eigenvalue weighted by Gasteiger charge is 2.21. The van der Waals surface area contributed by atoms with Crippen molar-refractivity contribution in [3.8, 4) is 0 Å². The topological polar surface area (TPSA) is 37.3 Å². The van der Waals surface area contributed by atoms with Crippen molar-refractivity contribution in [1.29, 1.82) is 0 Å². The van der Waals surface area contributed by atoms with Crippen LogP contribution < -0.4 is 0 Å². The van der Waals surface area contributed by atoms with Gasteiger partial charge in [0, 0.05) is 0 Å². The van der Waals surface area contributed by atoms with Crippen molar-refractivity contribution in [2.45, 2.75) is 136 Å². The number of rotatable bonds is 22. The van der Waals surface area contributed by atoms with Crippen molar-refractivity contribution in [3.05, 3.63) is 24.3 Å². The molecule has 0 aromatic heterocycles. The molecule has 0 rings (SSSR count). The van der Waals surface area contributed by atoms with Gasteiger partial charge in [0.05, 0.1) is 5.92 Å². The first-order valence-electron chi connectivity index (χ1n) is 13.2. The van der Waals surface area contributed by atoms with Crippen LogP contribution in [0.5, 0.6) is 0 Å². The molecule has 0 heterocycles. The number of carboxylic acids is 1. The third-order valence-corrected chi connectivity index (χ3v) is 6.13. The molecule has 2 heteroatoms. The standard InChI is InChI=1S/C28H52O2/c1-4-7-9-10-11-12-13-14-15-16-17-18-19-21-24-27(28(29)30)25-26(22-6-3)23-20-8-5-2/h11-12,14-15,26-27H,4-10,13,16-25H2,1-3H3,(H,29,30)/b12-11-,15-14-. The normalized spacial score (nSPS) is 14.0. The summed E-state index contributed by atoms with van der Waals surface area (Å²) in [6.45, 7) is 6.70. The van der Waals surface area contributed by atoms with Gasteiger partial charge in [-0.2, -0.15) is 0 Å². The maximum absolute atomic E-state index is 11.7. The summed E-state index contributed by atoms with van der Waals surface area (Å²) in [7, 11) is 0. The average Bonchev–Trinajstić information content (AvgIpc) is 2.73. The lowest BCUT2D eigenvalue weighted by Gasteiger charge is -2.21. The van der Waals surface area contributed by atoms with E-state index in [4.69, 9.17) is 0 Å². The second-order valence-electron chi connectivity index (χ2n) is 9.09. The highest BCUT2D eigenvalue weighted by Crippen LogP contribution is 2.27. The van der Waals surface area contributed by atoms with E-state index in [-0.39, 0.29) is 5.92 Å². The number of hydrogen-bond donors (Lipinski definition) is 1. The minimum absolute atomic E-state index is 0.132. The molecule has 30 heavy (non-hydrogen) atoms. The van der Waals surface area contributed by atoms with Crippen LogP contribution in [-0.2, 0) is 4.79 Å². The third-order valence-electron chi connectivity index (χ3n) is 6.13. The maximum atomic E-state index is 11.7. The van der Waals surface area contributed by atoms with Crippen LogP contribution >= 0.6 is 0 Å². The van der Waals surface area contributed by atoms with E-state index in [1.165, 1.54) is 83.5 Å². The van der Waals surface area contributed by atoms with Crippen molar-refractivity contribution in [2.24, 2.45) is 11.8 Å². The molecule has 0 aliphatic heterocycles. The molecule has 2 atom stereocenters. The molecule has 0 radical (unpaired) electrons. The number of aliphatic carboxylic acids is 1. The van der Waals surface area contributed by atoms with Gasteiger partial charge in [0.1, 0.15) is 0 Å². The lowest BCUT2D eigenvalue weighted by molar-refractivity contribution is -0.142. The average molecular weight is 421 g/mol. The molecule has 0 aromatic carbocycles. The first-order chi connectivity index (χ1) is 14.7. The molecule has 0 saturated carbocycles. The molecule has 176 valence electrons. The summed E-state index contributed by atoms with van der Waals surface area (Å²) >= 11 is 0. The van der Waals surface area contributed by atoms with Gasteiger partial charge in [-0.15, -0.1) is 0 Å². The highest BCUT2D eigenvalue weighted by atomic mass is 16.4. The van der Waals surface area contributed by atoms with E-state index in [0.717, 1.165) is 32.1 Å². The minimum Gasteiger partial charge on any atom is -0.481 e. The van der Waals surface area contributed by atoms with Crippen LogP contribution in [0, 0.1) is 11.8 Å². The Labute approximate surface area is 188 Å². The van der Waals surface area contributed by atoms with Gasteiger partial charge in [0.15, 0.2) is 0 Å². The Morgan fingerprint density at radius 1 is 0.667 bits per heavy atom. The largest absolute Gasteiger partial charge is 0.481 e. The van der Waals surface area contributed by atoms with Crippen molar-refractivity contribution >= 4 is 5.97 Å². The van der Waals surface area contributed by atoms with Crippen molar-refractivity contribution in [2.75, 3.05) is 0 Å². The van der Waals surface area contributed by atoms with Crippen LogP contribution in [0.2, 0.25) is 0 Å². The van der Waals surface area contributed by atoms with E-state index in [1.54, 1.807) is 0 Å². The predicted octanol–water partition coefficient (Wildman–Crippen LogP) is 9.50. The molecule has 0 aliphatic rings. The number of carboxylic acid groups (broad SMARTS) is 1. The van der Waals surface area contributed by atoms with E-state index in [1.807, 2.05) is 0 Å². The van der Waals surface area contributed by atoms with Crippen molar-refractivity contribution in [1.82, 2.24) is 0 Å². The monoisotopic (exact) mass is 420 g/mol. The summed E-state index contributed by atoms with van der Waals surface area (Å²) in [4.78, 5) is 11.7. The molecule has 0 bridgehead atoms. The van der Waals surface area contributed by atoms with Crippen LogP contribution in [0.15, 0.2) is 24.3 Å². The SMILES string of the molecule is CCCCC/C=C\C/C=C\CCCCCCC(CC(CCC)CCCCC)C(=O)O. The van der Waals surface area contributed by atoms with E-state index < -0.39 is 5.97 Å². The van der Waals surface area contributed by atoms with Gasteiger partial charge in [0.25, 0.3) is 0 Å². The van der Waals surface area contributed by atoms with Crippen LogP contribution in [-0.4, -0.2) is 11.1 Å².